The number of rotatable bonds is 5. The van der Waals surface area contributed by atoms with Gasteiger partial charge in [0, 0.05) is 34.1 Å². The first kappa shape index (κ1) is 18.5. The van der Waals surface area contributed by atoms with Crippen molar-refractivity contribution in [2.75, 3.05) is 12.4 Å². The quantitative estimate of drug-likeness (QED) is 0.243. The lowest BCUT2D eigenvalue weighted by atomic mass is 10.3. The van der Waals surface area contributed by atoms with E-state index in [0.29, 0.717) is 6.41 Å². The first-order valence-corrected chi connectivity index (χ1v) is 8.30. The average molecular weight is 383 g/mol. The molecule has 0 aliphatic heterocycles. The number of aromatic nitrogens is 1. The van der Waals surface area contributed by atoms with Crippen molar-refractivity contribution in [3.05, 3.63) is 52.3 Å². The van der Waals surface area contributed by atoms with Gasteiger partial charge in [0.15, 0.2) is 0 Å². The largest absolute Gasteiger partial charge is 0.387 e. The minimum absolute atomic E-state index is 0.403. The number of hydrogen-bond acceptors (Lipinski definition) is 5. The number of benzene rings is 1. The number of halogens is 1. The van der Waals surface area contributed by atoms with E-state index in [-0.39, 0.29) is 0 Å². The van der Waals surface area contributed by atoms with Crippen molar-refractivity contribution in [1.82, 2.24) is 10.4 Å². The molecule has 0 atom stereocenters. The highest BCUT2D eigenvalue weighted by Gasteiger charge is 2.06. The van der Waals surface area contributed by atoms with E-state index < -0.39 is 0 Å². The molecule has 0 radical (unpaired) electrons. The summed E-state index contributed by atoms with van der Waals surface area (Å²) in [4.78, 5) is 14.6. The third-order valence-electron chi connectivity index (χ3n) is 2.64. The van der Waals surface area contributed by atoms with Crippen molar-refractivity contribution in [2.45, 2.75) is 17.6 Å². The molecule has 0 aliphatic carbocycles. The molecule has 1 aromatic carbocycles. The molecule has 0 spiro atoms. The summed E-state index contributed by atoms with van der Waals surface area (Å²) >= 11 is 5.38. The summed E-state index contributed by atoms with van der Waals surface area (Å²) in [6.07, 6.45) is 2.31. The fourth-order valence-electron chi connectivity index (χ4n) is 1.58. The number of aryl methyl sites for hydroxylation is 1. The third kappa shape index (κ3) is 6.05. The number of amides is 1. The predicted octanol–water partition coefficient (Wildman–Crippen LogP) is 3.09. The van der Waals surface area contributed by atoms with Gasteiger partial charge in [0.05, 0.1) is 5.69 Å². The van der Waals surface area contributed by atoms with Gasteiger partial charge in [-0.15, -0.1) is 11.8 Å². The Morgan fingerprint density at radius 1 is 1.36 bits per heavy atom. The molecule has 22 heavy (non-hydrogen) atoms. The van der Waals surface area contributed by atoms with E-state index >= 15 is 0 Å². The van der Waals surface area contributed by atoms with E-state index in [1.54, 1.807) is 17.2 Å². The van der Waals surface area contributed by atoms with Gasteiger partial charge in [-0.25, -0.2) is 5.84 Å². The molecular weight excluding hydrogens is 364 g/mol. The first-order chi connectivity index (χ1) is 10.6. The van der Waals surface area contributed by atoms with Crippen LogP contribution in [0.15, 0.2) is 45.9 Å². The van der Waals surface area contributed by atoms with Crippen molar-refractivity contribution in [1.29, 1.82) is 0 Å². The molecule has 2 rings (SSSR count). The number of carbonyl (C=O) groups excluding carboxylic acids is 1. The highest BCUT2D eigenvalue weighted by Crippen LogP contribution is 2.35. The van der Waals surface area contributed by atoms with Crippen LogP contribution in [-0.4, -0.2) is 18.4 Å². The summed E-state index contributed by atoms with van der Waals surface area (Å²) in [6, 6.07) is 10.4. The van der Waals surface area contributed by atoms with Gasteiger partial charge in [0.25, 0.3) is 0 Å². The Balaban J connectivity index is 0.000000541. The maximum atomic E-state index is 8.94. The number of hydrogen-bond donors (Lipinski definition) is 3. The van der Waals surface area contributed by atoms with Crippen molar-refractivity contribution in [3.63, 3.8) is 0 Å². The van der Waals surface area contributed by atoms with Crippen molar-refractivity contribution >= 4 is 39.8 Å². The molecule has 4 N–H and O–H groups in total. The molecule has 2 aromatic rings. The molecule has 0 saturated heterocycles. The molecular formula is C15H19BrN4OS. The molecule has 0 aliphatic rings. The number of anilines is 1. The van der Waals surface area contributed by atoms with Gasteiger partial charge in [-0.1, -0.05) is 12.1 Å². The molecule has 0 fully saturated rings. The lowest BCUT2D eigenvalue weighted by Crippen LogP contribution is -2.18. The van der Waals surface area contributed by atoms with Crippen LogP contribution in [0.4, 0.5) is 5.69 Å². The van der Waals surface area contributed by atoms with Gasteiger partial charge in [0.2, 0.25) is 6.41 Å². The number of carbonyl (C=O) groups is 1. The van der Waals surface area contributed by atoms with Crippen molar-refractivity contribution < 1.29 is 4.79 Å². The van der Waals surface area contributed by atoms with E-state index in [2.05, 4.69) is 63.3 Å². The van der Waals surface area contributed by atoms with E-state index in [1.165, 1.54) is 10.5 Å². The van der Waals surface area contributed by atoms with Gasteiger partial charge >= 0.3 is 0 Å². The van der Waals surface area contributed by atoms with E-state index in [1.807, 2.05) is 19.3 Å². The molecule has 7 heteroatoms. The van der Waals surface area contributed by atoms with Gasteiger partial charge in [-0.05, 0) is 46.6 Å². The molecule has 0 unspecified atom stereocenters. The summed E-state index contributed by atoms with van der Waals surface area (Å²) in [5, 5.41) is 3.21. The monoisotopic (exact) mass is 382 g/mol. The summed E-state index contributed by atoms with van der Waals surface area (Å²) < 4.78 is 1.12. The SMILES string of the molecule is CNc1cccc(Br)c1SCc1ccc(C)cn1.NNC=O. The third-order valence-corrected chi connectivity index (χ3v) is 4.73. The van der Waals surface area contributed by atoms with Gasteiger partial charge in [-0.2, -0.15) is 0 Å². The Morgan fingerprint density at radius 2 is 2.09 bits per heavy atom. The minimum Gasteiger partial charge on any atom is -0.387 e. The van der Waals surface area contributed by atoms with Crippen molar-refractivity contribution in [3.8, 4) is 0 Å². The molecule has 1 heterocycles. The summed E-state index contributed by atoms with van der Waals surface area (Å²) in [5.41, 5.74) is 5.19. The summed E-state index contributed by atoms with van der Waals surface area (Å²) in [6.45, 7) is 2.05. The van der Waals surface area contributed by atoms with Gasteiger partial charge in [0.1, 0.15) is 0 Å². The van der Waals surface area contributed by atoms with Gasteiger partial charge < -0.3 is 5.32 Å². The summed E-state index contributed by atoms with van der Waals surface area (Å²) in [5.74, 6) is 5.28. The van der Waals surface area contributed by atoms with Crippen molar-refractivity contribution in [2.24, 2.45) is 5.84 Å². The van der Waals surface area contributed by atoms with Crippen LogP contribution in [0.25, 0.3) is 0 Å². The standard InChI is InChI=1S/C14H15BrN2S.CH4N2O/c1-10-6-7-11(17-8-10)9-18-14-12(15)4-3-5-13(14)16-2;2-3-1-4/h3-8,16H,9H2,1-2H3;1H,2H2,(H,3,4). The predicted molar refractivity (Wildman–Crippen MR) is 95.6 cm³/mol. The molecule has 0 saturated carbocycles. The fourth-order valence-corrected chi connectivity index (χ4v) is 3.29. The average Bonchev–Trinajstić information content (AvgIpc) is 2.55. The lowest BCUT2D eigenvalue weighted by molar-refractivity contribution is -0.109. The van der Waals surface area contributed by atoms with E-state index in [0.717, 1.165) is 21.6 Å². The van der Waals surface area contributed by atoms with Crippen LogP contribution in [0.1, 0.15) is 11.3 Å². The zero-order valence-corrected chi connectivity index (χ0v) is 14.9. The fraction of sp³-hybridized carbons (Fsp3) is 0.200. The first-order valence-electron chi connectivity index (χ1n) is 6.52. The molecule has 0 bridgehead atoms. The second kappa shape index (κ2) is 10.2. The minimum atomic E-state index is 0.403. The Bertz CT molecular complexity index is 593. The number of nitrogens with two attached hydrogens (primary N) is 1. The van der Waals surface area contributed by atoms with Crippen LogP contribution in [-0.2, 0) is 10.5 Å². The zero-order chi connectivity index (χ0) is 16.4. The maximum absolute atomic E-state index is 8.94. The Kier molecular flexibility index (Phi) is 8.57. The maximum Gasteiger partial charge on any atom is 0.221 e. The second-order valence-electron chi connectivity index (χ2n) is 4.27. The van der Waals surface area contributed by atoms with Gasteiger partial charge in [-0.3, -0.25) is 15.2 Å². The Morgan fingerprint density at radius 3 is 2.64 bits per heavy atom. The van der Waals surface area contributed by atoms with Crippen LogP contribution in [0.2, 0.25) is 0 Å². The Labute approximate surface area is 143 Å². The highest BCUT2D eigenvalue weighted by molar-refractivity contribution is 9.10. The van der Waals surface area contributed by atoms with Crippen LogP contribution in [0.3, 0.4) is 0 Å². The smallest absolute Gasteiger partial charge is 0.221 e. The summed E-state index contributed by atoms with van der Waals surface area (Å²) in [7, 11) is 1.94. The number of thioether (sulfide) groups is 1. The lowest BCUT2D eigenvalue weighted by Gasteiger charge is -2.10. The highest BCUT2D eigenvalue weighted by atomic mass is 79.9. The van der Waals surface area contributed by atoms with Crippen LogP contribution in [0, 0.1) is 6.92 Å². The molecule has 1 amide bonds. The number of nitrogens with one attached hydrogen (secondary N) is 2. The van der Waals surface area contributed by atoms with E-state index in [4.69, 9.17) is 4.79 Å². The number of pyridine rings is 1. The second-order valence-corrected chi connectivity index (χ2v) is 6.11. The topological polar surface area (TPSA) is 80.0 Å². The van der Waals surface area contributed by atoms with Crippen LogP contribution < -0.4 is 16.6 Å². The van der Waals surface area contributed by atoms with E-state index in [9.17, 15) is 0 Å². The number of hydrazine groups is 1. The normalized spacial score (nSPS) is 9.45. The van der Waals surface area contributed by atoms with Crippen LogP contribution in [0.5, 0.6) is 0 Å². The molecule has 5 nitrogen and oxygen atoms in total. The number of nitrogens with zero attached hydrogens (tertiary/aromatic N) is 1. The molecule has 118 valence electrons. The molecule has 1 aromatic heterocycles. The van der Waals surface area contributed by atoms with Crippen LogP contribution >= 0.6 is 27.7 Å². The Hall–Kier alpha value is -1.57. The zero-order valence-electron chi connectivity index (χ0n) is 12.5.